The van der Waals surface area contributed by atoms with Gasteiger partial charge in [-0.05, 0) is 61.4 Å². The van der Waals surface area contributed by atoms with Crippen LogP contribution in [-0.2, 0) is 0 Å². The van der Waals surface area contributed by atoms with E-state index < -0.39 is 23.7 Å². The number of carbonyl (C=O) groups is 1. The van der Waals surface area contributed by atoms with Gasteiger partial charge in [0.15, 0.2) is 0 Å². The van der Waals surface area contributed by atoms with Gasteiger partial charge >= 0.3 is 6.03 Å². The highest BCUT2D eigenvalue weighted by molar-refractivity contribution is 6.30. The van der Waals surface area contributed by atoms with Gasteiger partial charge in [-0.1, -0.05) is 47.1 Å². The number of aryl methyl sites for hydroxylation is 1. The number of benzene rings is 3. The molecule has 1 N–H and O–H groups in total. The first-order valence-corrected chi connectivity index (χ1v) is 11.1. The SMILES string of the molecule is CC1=C(c2nc(-c3cccc(F)c3)no2)C(c2ccc(Cl)cc2)NC(=O)N1c1ccc(C)c(F)c1. The van der Waals surface area contributed by atoms with Crippen LogP contribution in [0.1, 0.15) is 30.0 Å². The highest BCUT2D eigenvalue weighted by Crippen LogP contribution is 2.39. The number of nitrogens with zero attached hydrogens (tertiary/aromatic N) is 3. The third-order valence-electron chi connectivity index (χ3n) is 5.84. The normalized spacial score (nSPS) is 16.0. The Morgan fingerprint density at radius 3 is 2.51 bits per heavy atom. The number of halogens is 3. The van der Waals surface area contributed by atoms with Crippen molar-refractivity contribution in [1.29, 1.82) is 0 Å². The van der Waals surface area contributed by atoms with E-state index in [0.717, 1.165) is 5.56 Å². The van der Waals surface area contributed by atoms with Crippen molar-refractivity contribution in [1.82, 2.24) is 15.5 Å². The van der Waals surface area contributed by atoms with E-state index in [2.05, 4.69) is 15.5 Å². The first-order chi connectivity index (χ1) is 16.8. The number of aromatic nitrogens is 2. The van der Waals surface area contributed by atoms with Crippen molar-refractivity contribution < 1.29 is 18.1 Å². The molecule has 0 saturated carbocycles. The lowest BCUT2D eigenvalue weighted by Gasteiger charge is -2.35. The van der Waals surface area contributed by atoms with Gasteiger partial charge in [-0.2, -0.15) is 4.98 Å². The zero-order chi connectivity index (χ0) is 24.7. The van der Waals surface area contributed by atoms with E-state index in [1.165, 1.54) is 23.1 Å². The van der Waals surface area contributed by atoms with Crippen molar-refractivity contribution in [2.24, 2.45) is 0 Å². The second-order valence-corrected chi connectivity index (χ2v) is 8.57. The predicted octanol–water partition coefficient (Wildman–Crippen LogP) is 6.68. The first kappa shape index (κ1) is 22.7. The van der Waals surface area contributed by atoms with Crippen LogP contribution in [0.4, 0.5) is 19.3 Å². The van der Waals surface area contributed by atoms with E-state index in [-0.39, 0.29) is 11.7 Å². The van der Waals surface area contributed by atoms with Crippen LogP contribution < -0.4 is 10.2 Å². The van der Waals surface area contributed by atoms with Gasteiger partial charge in [-0.3, -0.25) is 4.90 Å². The molecule has 0 fully saturated rings. The molecule has 0 bridgehead atoms. The molecule has 4 aromatic rings. The van der Waals surface area contributed by atoms with E-state index in [1.54, 1.807) is 62.4 Å². The van der Waals surface area contributed by atoms with E-state index in [9.17, 15) is 13.6 Å². The molecule has 1 aromatic heterocycles. The summed E-state index contributed by atoms with van der Waals surface area (Å²) in [5.41, 5.74) is 2.98. The summed E-state index contributed by atoms with van der Waals surface area (Å²) in [7, 11) is 0. The molecular formula is C26H19ClF2N4O2. The minimum atomic E-state index is -0.646. The maximum Gasteiger partial charge on any atom is 0.327 e. The smallest absolute Gasteiger partial charge is 0.327 e. The van der Waals surface area contributed by atoms with Gasteiger partial charge < -0.3 is 9.84 Å². The van der Waals surface area contributed by atoms with E-state index in [4.69, 9.17) is 16.1 Å². The van der Waals surface area contributed by atoms with E-state index >= 15 is 0 Å². The Morgan fingerprint density at radius 2 is 1.80 bits per heavy atom. The fraction of sp³-hybridized carbons (Fsp3) is 0.115. The van der Waals surface area contributed by atoms with Crippen LogP contribution in [-0.4, -0.2) is 16.2 Å². The molecular weight excluding hydrogens is 474 g/mol. The molecule has 2 heterocycles. The number of urea groups is 1. The molecule has 0 saturated heterocycles. The molecule has 176 valence electrons. The molecule has 1 aliphatic rings. The van der Waals surface area contributed by atoms with Crippen LogP contribution in [0.15, 0.2) is 77.0 Å². The van der Waals surface area contributed by atoms with Gasteiger partial charge in [0.25, 0.3) is 5.89 Å². The maximum atomic E-state index is 14.4. The van der Waals surface area contributed by atoms with Crippen LogP contribution in [0.2, 0.25) is 5.02 Å². The monoisotopic (exact) mass is 492 g/mol. The van der Waals surface area contributed by atoms with Gasteiger partial charge in [0.1, 0.15) is 11.6 Å². The highest BCUT2D eigenvalue weighted by Gasteiger charge is 2.36. The Hall–Kier alpha value is -4.04. The summed E-state index contributed by atoms with van der Waals surface area (Å²) in [6.45, 7) is 3.37. The van der Waals surface area contributed by atoms with Crippen molar-refractivity contribution >= 4 is 28.9 Å². The zero-order valence-electron chi connectivity index (χ0n) is 18.7. The summed E-state index contributed by atoms with van der Waals surface area (Å²) in [6.07, 6.45) is 0. The molecule has 0 spiro atoms. The average Bonchev–Trinajstić information content (AvgIpc) is 3.31. The van der Waals surface area contributed by atoms with Crippen LogP contribution in [0.25, 0.3) is 17.0 Å². The van der Waals surface area contributed by atoms with Crippen LogP contribution in [0.5, 0.6) is 0 Å². The number of rotatable bonds is 4. The minimum absolute atomic E-state index is 0.138. The van der Waals surface area contributed by atoms with Crippen molar-refractivity contribution in [2.45, 2.75) is 19.9 Å². The number of allylic oxidation sites excluding steroid dienone is 1. The molecule has 1 unspecified atom stereocenters. The standard InChI is InChI=1S/C26H19ClF2N4O2/c1-14-6-11-20(13-21(14)29)33-15(2)22(23(30-26(33)34)16-7-9-18(27)10-8-16)25-31-24(32-35-25)17-4-3-5-19(28)12-17/h3-13,23H,1-2H3,(H,30,34). The summed E-state index contributed by atoms with van der Waals surface area (Å²) >= 11 is 6.06. The van der Waals surface area contributed by atoms with Gasteiger partial charge in [-0.15, -0.1) is 0 Å². The molecule has 2 amide bonds. The number of hydrogen-bond acceptors (Lipinski definition) is 4. The highest BCUT2D eigenvalue weighted by atomic mass is 35.5. The van der Waals surface area contributed by atoms with Crippen LogP contribution in [0.3, 0.4) is 0 Å². The van der Waals surface area contributed by atoms with E-state index in [0.29, 0.717) is 33.1 Å². The summed E-state index contributed by atoms with van der Waals surface area (Å²) in [5, 5.41) is 7.51. The largest absolute Gasteiger partial charge is 0.334 e. The summed E-state index contributed by atoms with van der Waals surface area (Å²) in [6, 6.07) is 16.3. The van der Waals surface area contributed by atoms with Crippen molar-refractivity contribution in [3.63, 3.8) is 0 Å². The summed E-state index contributed by atoms with van der Waals surface area (Å²) < 4.78 is 33.7. The zero-order valence-corrected chi connectivity index (χ0v) is 19.5. The van der Waals surface area contributed by atoms with Crippen molar-refractivity contribution in [2.75, 3.05) is 4.90 Å². The van der Waals surface area contributed by atoms with Gasteiger partial charge in [-0.25, -0.2) is 13.6 Å². The van der Waals surface area contributed by atoms with Gasteiger partial charge in [0.05, 0.1) is 17.3 Å². The molecule has 3 aromatic carbocycles. The number of carbonyl (C=O) groups excluding carboxylic acids is 1. The Labute approximate surface area is 204 Å². The minimum Gasteiger partial charge on any atom is -0.334 e. The number of anilines is 1. The predicted molar refractivity (Wildman–Crippen MR) is 129 cm³/mol. The van der Waals surface area contributed by atoms with Gasteiger partial charge in [0, 0.05) is 16.3 Å². The van der Waals surface area contributed by atoms with Gasteiger partial charge in [0.2, 0.25) is 5.82 Å². The lowest BCUT2D eigenvalue weighted by atomic mass is 9.94. The quantitative estimate of drug-likeness (QED) is 0.345. The van der Waals surface area contributed by atoms with Crippen molar-refractivity contribution in [3.8, 4) is 11.4 Å². The molecule has 0 aliphatic carbocycles. The molecule has 0 radical (unpaired) electrons. The third kappa shape index (κ3) is 4.28. The molecule has 5 rings (SSSR count). The lowest BCUT2D eigenvalue weighted by Crippen LogP contribution is -2.46. The molecule has 9 heteroatoms. The second kappa shape index (κ2) is 8.96. The fourth-order valence-electron chi connectivity index (χ4n) is 4.03. The Morgan fingerprint density at radius 1 is 1.03 bits per heavy atom. The summed E-state index contributed by atoms with van der Waals surface area (Å²) in [4.78, 5) is 19.1. The number of amides is 2. The third-order valence-corrected chi connectivity index (χ3v) is 6.09. The molecule has 1 aliphatic heterocycles. The lowest BCUT2D eigenvalue weighted by molar-refractivity contribution is 0.244. The first-order valence-electron chi connectivity index (χ1n) is 10.7. The van der Waals surface area contributed by atoms with E-state index in [1.807, 2.05) is 0 Å². The molecule has 6 nitrogen and oxygen atoms in total. The summed E-state index contributed by atoms with van der Waals surface area (Å²) in [5.74, 6) is -0.532. The topological polar surface area (TPSA) is 71.3 Å². The Bertz CT molecular complexity index is 1470. The Kier molecular flexibility index (Phi) is 5.82. The molecule has 35 heavy (non-hydrogen) atoms. The number of nitrogens with one attached hydrogen (secondary N) is 1. The van der Waals surface area contributed by atoms with Crippen LogP contribution >= 0.6 is 11.6 Å². The van der Waals surface area contributed by atoms with Crippen LogP contribution in [0, 0.1) is 18.6 Å². The second-order valence-electron chi connectivity index (χ2n) is 8.14. The Balaban J connectivity index is 1.66. The average molecular weight is 493 g/mol. The van der Waals surface area contributed by atoms with Crippen molar-refractivity contribution in [3.05, 3.63) is 106 Å². The fourth-order valence-corrected chi connectivity index (χ4v) is 4.16. The maximum absolute atomic E-state index is 14.4. The number of hydrogen-bond donors (Lipinski definition) is 1. The molecule has 1 atom stereocenters.